The zero-order valence-electron chi connectivity index (χ0n) is 18.8. The minimum Gasteiger partial charge on any atom is -0.504 e. The SMILES string of the molecule is CCCCCCCCCCCCCCCCCCOC(=O)c1ccc(O)c(O)c1O. The van der Waals surface area contributed by atoms with Crippen molar-refractivity contribution >= 4 is 5.97 Å². The van der Waals surface area contributed by atoms with E-state index >= 15 is 0 Å². The minimum absolute atomic E-state index is 0.137. The van der Waals surface area contributed by atoms with Crippen molar-refractivity contribution < 1.29 is 24.9 Å². The molecule has 0 bridgehead atoms. The van der Waals surface area contributed by atoms with Crippen molar-refractivity contribution in [2.75, 3.05) is 6.61 Å². The second kappa shape index (κ2) is 16.8. The quantitative estimate of drug-likeness (QED) is 0.132. The van der Waals surface area contributed by atoms with E-state index < -0.39 is 23.2 Å². The molecule has 1 rings (SSSR count). The van der Waals surface area contributed by atoms with Gasteiger partial charge in [0, 0.05) is 0 Å². The highest BCUT2D eigenvalue weighted by atomic mass is 16.5. The summed E-state index contributed by atoms with van der Waals surface area (Å²) in [5, 5.41) is 28.4. The van der Waals surface area contributed by atoms with Crippen LogP contribution in [0.4, 0.5) is 0 Å². The van der Waals surface area contributed by atoms with Gasteiger partial charge in [-0.05, 0) is 18.6 Å². The number of carbonyl (C=O) groups is 1. The molecule has 0 saturated carbocycles. The molecule has 1 aromatic carbocycles. The van der Waals surface area contributed by atoms with Crippen LogP contribution < -0.4 is 0 Å². The lowest BCUT2D eigenvalue weighted by atomic mass is 10.0. The lowest BCUT2D eigenvalue weighted by Gasteiger charge is -2.08. The van der Waals surface area contributed by atoms with Crippen LogP contribution in [0.3, 0.4) is 0 Å². The lowest BCUT2D eigenvalue weighted by molar-refractivity contribution is 0.0493. The molecule has 0 spiro atoms. The Balaban J connectivity index is 1.89. The van der Waals surface area contributed by atoms with Gasteiger partial charge in [-0.3, -0.25) is 0 Å². The van der Waals surface area contributed by atoms with Crippen LogP contribution in [0, 0.1) is 0 Å². The van der Waals surface area contributed by atoms with Gasteiger partial charge in [0.1, 0.15) is 5.56 Å². The number of hydrogen-bond acceptors (Lipinski definition) is 5. The summed E-state index contributed by atoms with van der Waals surface area (Å²) in [5.41, 5.74) is -0.137. The van der Waals surface area contributed by atoms with E-state index in [0.29, 0.717) is 6.61 Å². The molecule has 0 unspecified atom stereocenters. The van der Waals surface area contributed by atoms with Gasteiger partial charge in [0.25, 0.3) is 0 Å². The highest BCUT2D eigenvalue weighted by Gasteiger charge is 2.18. The number of unbranched alkanes of at least 4 members (excludes halogenated alkanes) is 15. The number of aromatic hydroxyl groups is 3. The van der Waals surface area contributed by atoms with E-state index in [4.69, 9.17) is 4.74 Å². The van der Waals surface area contributed by atoms with E-state index in [1.807, 2.05) is 0 Å². The Labute approximate surface area is 182 Å². The van der Waals surface area contributed by atoms with Gasteiger partial charge in [-0.25, -0.2) is 4.79 Å². The zero-order valence-corrected chi connectivity index (χ0v) is 18.8. The molecule has 5 nitrogen and oxygen atoms in total. The molecule has 3 N–H and O–H groups in total. The maximum atomic E-state index is 11.9. The third-order valence-electron chi connectivity index (χ3n) is 5.58. The highest BCUT2D eigenvalue weighted by molar-refractivity contribution is 5.93. The summed E-state index contributed by atoms with van der Waals surface area (Å²) in [6.07, 6.45) is 20.6. The molecule has 0 amide bonds. The van der Waals surface area contributed by atoms with Gasteiger partial charge in [-0.15, -0.1) is 0 Å². The molecule has 5 heteroatoms. The van der Waals surface area contributed by atoms with Crippen molar-refractivity contribution in [2.24, 2.45) is 0 Å². The summed E-state index contributed by atoms with van der Waals surface area (Å²) < 4.78 is 5.13. The first-order chi connectivity index (χ1) is 14.6. The predicted molar refractivity (Wildman–Crippen MR) is 121 cm³/mol. The smallest absolute Gasteiger partial charge is 0.342 e. The van der Waals surface area contributed by atoms with E-state index in [2.05, 4.69) is 6.92 Å². The van der Waals surface area contributed by atoms with Crippen LogP contribution in [-0.4, -0.2) is 27.9 Å². The van der Waals surface area contributed by atoms with E-state index in [9.17, 15) is 20.1 Å². The van der Waals surface area contributed by atoms with Gasteiger partial charge in [-0.1, -0.05) is 103 Å². The molecule has 0 aliphatic heterocycles. The van der Waals surface area contributed by atoms with Crippen LogP contribution in [0.2, 0.25) is 0 Å². The third-order valence-corrected chi connectivity index (χ3v) is 5.58. The largest absolute Gasteiger partial charge is 0.504 e. The van der Waals surface area contributed by atoms with Gasteiger partial charge >= 0.3 is 5.97 Å². The fraction of sp³-hybridized carbons (Fsp3) is 0.720. The summed E-state index contributed by atoms with van der Waals surface area (Å²) in [4.78, 5) is 11.9. The second-order valence-electron chi connectivity index (χ2n) is 8.27. The van der Waals surface area contributed by atoms with Crippen LogP contribution in [0.5, 0.6) is 17.2 Å². The molecule has 1 aromatic rings. The fourth-order valence-corrected chi connectivity index (χ4v) is 3.63. The van der Waals surface area contributed by atoms with Crippen LogP contribution in [0.1, 0.15) is 120 Å². The van der Waals surface area contributed by atoms with Gasteiger partial charge in [0.15, 0.2) is 11.5 Å². The third kappa shape index (κ3) is 11.3. The molecule has 172 valence electrons. The molecule has 0 aliphatic rings. The minimum atomic E-state index is -0.702. The topological polar surface area (TPSA) is 87.0 Å². The maximum absolute atomic E-state index is 11.9. The number of esters is 1. The van der Waals surface area contributed by atoms with Crippen LogP contribution in [-0.2, 0) is 4.74 Å². The maximum Gasteiger partial charge on any atom is 0.342 e. The standard InChI is InChI=1S/C25H42O5/c1-2-3-4-5-6-7-8-9-10-11-12-13-14-15-16-17-20-30-25(29)21-18-19-22(26)24(28)23(21)27/h18-19,26-28H,2-17,20H2,1H3. The van der Waals surface area contributed by atoms with E-state index in [1.54, 1.807) is 0 Å². The number of phenolic OH excluding ortho intramolecular Hbond substituents is 3. The molecular weight excluding hydrogens is 380 g/mol. The Morgan fingerprint density at radius 1 is 0.667 bits per heavy atom. The summed E-state index contributed by atoms with van der Waals surface area (Å²) in [7, 11) is 0. The van der Waals surface area contributed by atoms with Crippen molar-refractivity contribution in [3.8, 4) is 17.2 Å². The van der Waals surface area contributed by atoms with Crippen molar-refractivity contribution in [3.05, 3.63) is 17.7 Å². The average Bonchev–Trinajstić information content (AvgIpc) is 2.74. The van der Waals surface area contributed by atoms with Crippen molar-refractivity contribution in [2.45, 2.75) is 110 Å². The first-order valence-corrected chi connectivity index (χ1v) is 12.0. The first-order valence-electron chi connectivity index (χ1n) is 12.0. The summed E-state index contributed by atoms with van der Waals surface area (Å²) in [6, 6.07) is 2.39. The molecule has 0 heterocycles. The summed E-state index contributed by atoms with van der Waals surface area (Å²) in [5.74, 6) is -2.51. The number of carbonyl (C=O) groups excluding carboxylic acids is 1. The number of hydrogen-bond donors (Lipinski definition) is 3. The Morgan fingerprint density at radius 2 is 1.10 bits per heavy atom. The van der Waals surface area contributed by atoms with E-state index in [1.165, 1.54) is 89.5 Å². The molecule has 0 atom stereocenters. The predicted octanol–water partition coefficient (Wildman–Crippen LogP) is 7.22. The van der Waals surface area contributed by atoms with E-state index in [0.717, 1.165) is 25.3 Å². The zero-order chi connectivity index (χ0) is 22.0. The van der Waals surface area contributed by atoms with Gasteiger partial charge in [-0.2, -0.15) is 0 Å². The van der Waals surface area contributed by atoms with Gasteiger partial charge in [0.05, 0.1) is 6.61 Å². The monoisotopic (exact) mass is 422 g/mol. The molecule has 0 aromatic heterocycles. The molecule has 30 heavy (non-hydrogen) atoms. The van der Waals surface area contributed by atoms with Crippen LogP contribution >= 0.6 is 0 Å². The summed E-state index contributed by atoms with van der Waals surface area (Å²) in [6.45, 7) is 2.55. The Kier molecular flexibility index (Phi) is 14.7. The van der Waals surface area contributed by atoms with Crippen molar-refractivity contribution in [1.29, 1.82) is 0 Å². The average molecular weight is 423 g/mol. The Hall–Kier alpha value is -1.91. The summed E-state index contributed by atoms with van der Waals surface area (Å²) >= 11 is 0. The molecule has 0 aliphatic carbocycles. The fourth-order valence-electron chi connectivity index (χ4n) is 3.63. The van der Waals surface area contributed by atoms with Crippen molar-refractivity contribution in [3.63, 3.8) is 0 Å². The lowest BCUT2D eigenvalue weighted by Crippen LogP contribution is -2.06. The Morgan fingerprint density at radius 3 is 1.57 bits per heavy atom. The van der Waals surface area contributed by atoms with Gasteiger partial charge in [0.2, 0.25) is 5.75 Å². The normalized spacial score (nSPS) is 11.0. The molecule has 0 fully saturated rings. The second-order valence-corrected chi connectivity index (χ2v) is 8.27. The first kappa shape index (κ1) is 26.1. The van der Waals surface area contributed by atoms with E-state index in [-0.39, 0.29) is 5.56 Å². The molecule has 0 radical (unpaired) electrons. The number of ether oxygens (including phenoxy) is 1. The van der Waals surface area contributed by atoms with Gasteiger partial charge < -0.3 is 20.1 Å². The number of phenols is 3. The van der Waals surface area contributed by atoms with Crippen LogP contribution in [0.25, 0.3) is 0 Å². The van der Waals surface area contributed by atoms with Crippen molar-refractivity contribution in [1.82, 2.24) is 0 Å². The van der Waals surface area contributed by atoms with Crippen LogP contribution in [0.15, 0.2) is 12.1 Å². The molecular formula is C25H42O5. The Bertz CT molecular complexity index is 585. The molecule has 0 saturated heterocycles. The number of rotatable bonds is 18. The number of benzene rings is 1. The highest BCUT2D eigenvalue weighted by Crippen LogP contribution is 2.37.